The minimum atomic E-state index is -1.05. The highest BCUT2D eigenvalue weighted by Crippen LogP contribution is 2.27. The quantitative estimate of drug-likeness (QED) is 0.739. The van der Waals surface area contributed by atoms with E-state index < -0.39 is 5.60 Å². The van der Waals surface area contributed by atoms with Crippen LogP contribution in [0.3, 0.4) is 0 Å². The van der Waals surface area contributed by atoms with E-state index >= 15 is 0 Å². The molecule has 1 aromatic carbocycles. The average molecular weight is 249 g/mol. The molecule has 0 amide bonds. The lowest BCUT2D eigenvalue weighted by atomic mass is 9.90. The van der Waals surface area contributed by atoms with Crippen molar-refractivity contribution >= 4 is 41.5 Å². The molecule has 0 fully saturated rings. The van der Waals surface area contributed by atoms with Gasteiger partial charge in [-0.25, -0.2) is 4.98 Å². The Balaban J connectivity index is 2.80. The monoisotopic (exact) mass is 248 g/mol. The van der Waals surface area contributed by atoms with Crippen molar-refractivity contribution in [1.82, 2.24) is 4.98 Å². The minimum absolute atomic E-state index is 0.482. The largest absolute Gasteiger partial charge is 0.397 e. The van der Waals surface area contributed by atoms with Crippen LogP contribution in [0.2, 0.25) is 5.02 Å². The number of hydrogen-bond acceptors (Lipinski definition) is 3. The topological polar surface area (TPSA) is 59.1 Å². The van der Waals surface area contributed by atoms with Crippen LogP contribution in [0.25, 0.3) is 10.9 Å². The number of aromatic nitrogens is 1. The number of aliphatic hydroxyl groups is 1. The molecule has 0 radical (unpaired) electrons. The Bertz CT molecular complexity index is 593. The van der Waals surface area contributed by atoms with Gasteiger partial charge in [0, 0.05) is 5.02 Å². The van der Waals surface area contributed by atoms with Crippen molar-refractivity contribution in [3.8, 4) is 0 Å². The van der Waals surface area contributed by atoms with Gasteiger partial charge >= 0.3 is 0 Å². The second-order valence-corrected chi connectivity index (χ2v) is 5.13. The number of benzene rings is 1. The number of halogens is 1. The fourth-order valence-electron chi connectivity index (χ4n) is 1.87. The summed E-state index contributed by atoms with van der Waals surface area (Å²) in [6, 6.07) is 5.45. The second kappa shape index (κ2) is 3.89. The molecule has 1 aromatic heterocycles. The number of fused-ring (bicyclic) bond motifs is 1. The van der Waals surface area contributed by atoms with Gasteiger partial charge in [-0.3, -0.25) is 0 Å². The van der Waals surface area contributed by atoms with Gasteiger partial charge in [0.2, 0.25) is 0 Å². The van der Waals surface area contributed by atoms with Crippen molar-refractivity contribution in [2.45, 2.75) is 19.4 Å². The van der Waals surface area contributed by atoms with Crippen molar-refractivity contribution in [3.63, 3.8) is 0 Å². The molecule has 5 heteroatoms. The lowest BCUT2D eigenvalue weighted by Gasteiger charge is -2.19. The Morgan fingerprint density at radius 3 is 2.65 bits per heavy atom. The SMILES string of the molecule is Bc1c(Cl)ccc2nc(C(C)(C)O)c(N)cc12. The highest BCUT2D eigenvalue weighted by molar-refractivity contribution is 6.49. The maximum atomic E-state index is 9.98. The molecule has 0 aliphatic rings. The molecular weight excluding hydrogens is 234 g/mol. The molecule has 0 spiro atoms. The van der Waals surface area contributed by atoms with Crippen LogP contribution in [-0.4, -0.2) is 17.9 Å². The highest BCUT2D eigenvalue weighted by Gasteiger charge is 2.21. The standard InChI is InChI=1S/C12H14BClN2O/c1-12(2,17)11-8(15)5-6-9(16-11)4-3-7(14)10(6)13/h3-5,17H,13,15H2,1-2H3. The molecule has 2 rings (SSSR count). The number of nitrogens with two attached hydrogens (primary N) is 1. The molecule has 0 atom stereocenters. The summed E-state index contributed by atoms with van der Waals surface area (Å²) >= 11 is 6.05. The number of rotatable bonds is 1. The van der Waals surface area contributed by atoms with Gasteiger partial charge in [-0.05, 0) is 37.4 Å². The van der Waals surface area contributed by atoms with Gasteiger partial charge in [0.1, 0.15) is 13.4 Å². The van der Waals surface area contributed by atoms with Crippen LogP contribution in [0.15, 0.2) is 18.2 Å². The zero-order valence-electron chi connectivity index (χ0n) is 10.1. The van der Waals surface area contributed by atoms with E-state index in [1.807, 2.05) is 20.0 Å². The molecule has 17 heavy (non-hydrogen) atoms. The molecule has 0 aliphatic heterocycles. The summed E-state index contributed by atoms with van der Waals surface area (Å²) in [6.45, 7) is 3.33. The highest BCUT2D eigenvalue weighted by atomic mass is 35.5. The number of nitrogen functional groups attached to an aromatic ring is 1. The maximum absolute atomic E-state index is 9.98. The summed E-state index contributed by atoms with van der Waals surface area (Å²) in [5.74, 6) is 0. The van der Waals surface area contributed by atoms with Gasteiger partial charge < -0.3 is 10.8 Å². The molecule has 88 valence electrons. The zero-order valence-corrected chi connectivity index (χ0v) is 10.8. The van der Waals surface area contributed by atoms with E-state index in [1.165, 1.54) is 0 Å². The summed E-state index contributed by atoms with van der Waals surface area (Å²) < 4.78 is 0. The lowest BCUT2D eigenvalue weighted by Crippen LogP contribution is -2.20. The third-order valence-electron chi connectivity index (χ3n) is 2.81. The van der Waals surface area contributed by atoms with E-state index in [2.05, 4.69) is 4.98 Å². The summed E-state index contributed by atoms with van der Waals surface area (Å²) in [6.07, 6.45) is 0. The molecule has 3 nitrogen and oxygen atoms in total. The number of hydrogen-bond donors (Lipinski definition) is 2. The molecule has 0 saturated heterocycles. The first kappa shape index (κ1) is 12.2. The Morgan fingerprint density at radius 1 is 1.41 bits per heavy atom. The minimum Gasteiger partial charge on any atom is -0.397 e. The van der Waals surface area contributed by atoms with Crippen LogP contribution >= 0.6 is 11.6 Å². The van der Waals surface area contributed by atoms with Crippen LogP contribution in [0.1, 0.15) is 19.5 Å². The van der Waals surface area contributed by atoms with Crippen LogP contribution in [-0.2, 0) is 5.60 Å². The van der Waals surface area contributed by atoms with Crippen molar-refractivity contribution in [3.05, 3.63) is 28.9 Å². The Morgan fingerprint density at radius 2 is 2.06 bits per heavy atom. The number of anilines is 1. The van der Waals surface area contributed by atoms with E-state index in [0.29, 0.717) is 16.4 Å². The zero-order chi connectivity index (χ0) is 12.8. The molecule has 0 saturated carbocycles. The third kappa shape index (κ3) is 2.10. The first-order valence-corrected chi connectivity index (χ1v) is 5.76. The molecule has 0 bridgehead atoms. The van der Waals surface area contributed by atoms with E-state index in [9.17, 15) is 5.11 Å². The van der Waals surface area contributed by atoms with Gasteiger partial charge in [-0.2, -0.15) is 0 Å². The summed E-state index contributed by atoms with van der Waals surface area (Å²) in [4.78, 5) is 4.41. The lowest BCUT2D eigenvalue weighted by molar-refractivity contribution is 0.0751. The van der Waals surface area contributed by atoms with Gasteiger partial charge in [0.15, 0.2) is 0 Å². The van der Waals surface area contributed by atoms with Crippen molar-refractivity contribution in [2.75, 3.05) is 5.73 Å². The van der Waals surface area contributed by atoms with E-state index in [0.717, 1.165) is 16.4 Å². The smallest absolute Gasteiger partial charge is 0.142 e. The fraction of sp³-hybridized carbons (Fsp3) is 0.250. The van der Waals surface area contributed by atoms with E-state index in [-0.39, 0.29) is 0 Å². The molecular formula is C12H14BClN2O. The predicted octanol–water partition coefficient (Wildman–Crippen LogP) is 0.956. The Kier molecular flexibility index (Phi) is 2.80. The molecule has 0 unspecified atom stereocenters. The van der Waals surface area contributed by atoms with E-state index in [4.69, 9.17) is 17.3 Å². The fourth-order valence-corrected chi connectivity index (χ4v) is 2.03. The normalized spacial score (nSPS) is 12.0. The van der Waals surface area contributed by atoms with Crippen LogP contribution in [0, 0.1) is 0 Å². The average Bonchev–Trinajstić information content (AvgIpc) is 2.22. The third-order valence-corrected chi connectivity index (χ3v) is 3.22. The predicted molar refractivity (Wildman–Crippen MR) is 74.6 cm³/mol. The van der Waals surface area contributed by atoms with Crippen molar-refractivity contribution in [1.29, 1.82) is 0 Å². The number of nitrogens with zero attached hydrogens (tertiary/aromatic N) is 1. The van der Waals surface area contributed by atoms with Crippen LogP contribution in [0.4, 0.5) is 5.69 Å². The number of pyridine rings is 1. The second-order valence-electron chi connectivity index (χ2n) is 4.72. The van der Waals surface area contributed by atoms with Crippen molar-refractivity contribution in [2.24, 2.45) is 0 Å². The van der Waals surface area contributed by atoms with Gasteiger partial charge in [-0.15, -0.1) is 0 Å². The first-order valence-electron chi connectivity index (χ1n) is 5.39. The Labute approximate surface area is 106 Å². The van der Waals surface area contributed by atoms with Gasteiger partial charge in [0.25, 0.3) is 0 Å². The summed E-state index contributed by atoms with van der Waals surface area (Å²) in [5, 5.41) is 11.6. The molecule has 2 aromatic rings. The van der Waals surface area contributed by atoms with Gasteiger partial charge in [-0.1, -0.05) is 17.1 Å². The first-order chi connectivity index (χ1) is 7.80. The molecule has 3 N–H and O–H groups in total. The summed E-state index contributed by atoms with van der Waals surface area (Å²) in [7, 11) is 1.93. The maximum Gasteiger partial charge on any atom is 0.142 e. The van der Waals surface area contributed by atoms with Crippen molar-refractivity contribution < 1.29 is 5.11 Å². The van der Waals surface area contributed by atoms with E-state index in [1.54, 1.807) is 19.9 Å². The summed E-state index contributed by atoms with van der Waals surface area (Å²) in [5.41, 5.74) is 7.59. The Hall–Kier alpha value is -1.26. The molecule has 1 heterocycles. The van der Waals surface area contributed by atoms with Gasteiger partial charge in [0.05, 0.1) is 16.9 Å². The van der Waals surface area contributed by atoms with Crippen LogP contribution in [0.5, 0.6) is 0 Å². The van der Waals surface area contributed by atoms with Crippen LogP contribution < -0.4 is 11.2 Å². The molecule has 0 aliphatic carbocycles.